The number of hydrogen-bond acceptors (Lipinski definition) is 2. The highest BCUT2D eigenvalue weighted by Crippen LogP contribution is 2.44. The summed E-state index contributed by atoms with van der Waals surface area (Å²) in [6, 6.07) is 62.7. The largest absolute Gasteiger partial charge is 0.338 e. The first-order chi connectivity index (χ1) is 28.8. The lowest BCUT2D eigenvalue weighted by atomic mass is 9.87. The average Bonchev–Trinajstić information content (AvgIpc) is 3.54. The van der Waals surface area contributed by atoms with E-state index < -0.39 is 5.79 Å². The van der Waals surface area contributed by atoms with Crippen molar-refractivity contribution in [1.29, 1.82) is 0 Å². The van der Waals surface area contributed by atoms with Gasteiger partial charge in [0.05, 0.1) is 14.1 Å². The normalized spacial score (nSPS) is 17.2. The molecule has 4 heteroatoms. The van der Waals surface area contributed by atoms with Gasteiger partial charge >= 0.3 is 0 Å². The number of ether oxygens (including phenoxy) is 2. The van der Waals surface area contributed by atoms with E-state index in [9.17, 15) is 0 Å². The lowest BCUT2D eigenvalue weighted by Crippen LogP contribution is -2.54. The molecule has 4 nitrogen and oxygen atoms in total. The lowest BCUT2D eigenvalue weighted by Gasteiger charge is -2.40. The van der Waals surface area contributed by atoms with Gasteiger partial charge < -0.3 is 18.4 Å². The molecule has 0 spiro atoms. The number of quaternary nitrogens is 2. The molecular weight excluding hydrogens is 733 g/mol. The van der Waals surface area contributed by atoms with Crippen LogP contribution in [0.15, 0.2) is 170 Å². The van der Waals surface area contributed by atoms with Gasteiger partial charge in [-0.1, -0.05) is 166 Å². The van der Waals surface area contributed by atoms with Gasteiger partial charge in [-0.25, -0.2) is 0 Å². The Kier molecular flexibility index (Phi) is 10.6. The standard InChI is InChI=1S/C56H60N2O2/c1-55(2,3)56(4)59-53(39-57(5,35-41-23-27-45-15-7-11-19-49(45)31-41)36-42-24-28-46-16-8-12-20-50(46)32-42)54(60-56)40-58(6,37-43-25-29-47-17-9-13-21-51(47)33-43)38-44-26-30-48-18-10-14-22-52(48)34-44/h7-34,53-54H,35-40H2,1-6H3/q+2/t53-,54-/m0/s1. The predicted octanol–water partition coefficient (Wildman–Crippen LogP) is 12.8. The van der Waals surface area contributed by atoms with Crippen LogP contribution in [-0.4, -0.2) is 54.1 Å². The summed E-state index contributed by atoms with van der Waals surface area (Å²) < 4.78 is 16.3. The Morgan fingerprint density at radius 3 is 0.900 bits per heavy atom. The van der Waals surface area contributed by atoms with Crippen molar-refractivity contribution in [3.63, 3.8) is 0 Å². The maximum atomic E-state index is 7.35. The van der Waals surface area contributed by atoms with Crippen LogP contribution >= 0.6 is 0 Å². The van der Waals surface area contributed by atoms with Gasteiger partial charge in [-0.05, 0) is 74.3 Å². The Morgan fingerprint density at radius 1 is 0.400 bits per heavy atom. The molecule has 8 aromatic rings. The third-order valence-corrected chi connectivity index (χ3v) is 13.3. The zero-order valence-electron chi connectivity index (χ0n) is 36.3. The molecule has 1 aliphatic heterocycles. The Morgan fingerprint density at radius 2 is 0.650 bits per heavy atom. The van der Waals surface area contributed by atoms with Gasteiger partial charge in [-0.3, -0.25) is 0 Å². The number of rotatable bonds is 12. The molecule has 0 aromatic heterocycles. The van der Waals surface area contributed by atoms with Crippen LogP contribution in [0.4, 0.5) is 0 Å². The minimum absolute atomic E-state index is 0.134. The van der Waals surface area contributed by atoms with Crippen LogP contribution in [0.2, 0.25) is 0 Å². The first kappa shape index (κ1) is 40.1. The molecular formula is C56H60N2O2+2. The molecule has 8 aromatic carbocycles. The summed E-state index contributed by atoms with van der Waals surface area (Å²) in [6.07, 6.45) is -0.267. The number of nitrogens with zero attached hydrogens (tertiary/aromatic N) is 2. The van der Waals surface area contributed by atoms with Crippen LogP contribution in [0.1, 0.15) is 49.9 Å². The molecule has 0 saturated carbocycles. The fourth-order valence-electron chi connectivity index (χ4n) is 9.77. The van der Waals surface area contributed by atoms with Gasteiger partial charge in [0.25, 0.3) is 0 Å². The van der Waals surface area contributed by atoms with E-state index in [1.54, 1.807) is 0 Å². The van der Waals surface area contributed by atoms with Gasteiger partial charge in [0.15, 0.2) is 5.79 Å². The SMILES string of the molecule is CC(C)(C)C1(C)O[C@@H](C[N+](C)(Cc2ccc3ccccc3c2)Cc2ccc3ccccc3c2)[C@H](C[N+](C)(Cc2ccc3ccccc3c2)Cc2ccc3ccccc3c2)O1. The van der Waals surface area contributed by atoms with Crippen LogP contribution in [0.3, 0.4) is 0 Å². The minimum atomic E-state index is -0.754. The minimum Gasteiger partial charge on any atom is -0.338 e. The summed E-state index contributed by atoms with van der Waals surface area (Å²) in [5.41, 5.74) is 5.09. The van der Waals surface area contributed by atoms with Crippen molar-refractivity contribution < 1.29 is 18.4 Å². The number of likely N-dealkylation sites (N-methyl/N-ethyl adjacent to an activating group) is 2. The Bertz CT molecular complexity index is 2460. The zero-order chi connectivity index (χ0) is 41.5. The third kappa shape index (κ3) is 8.62. The van der Waals surface area contributed by atoms with Crippen molar-refractivity contribution in [1.82, 2.24) is 0 Å². The van der Waals surface area contributed by atoms with Crippen molar-refractivity contribution in [2.24, 2.45) is 5.41 Å². The van der Waals surface area contributed by atoms with Crippen LogP contribution in [0.5, 0.6) is 0 Å². The fraction of sp³-hybridized carbons (Fsp3) is 0.286. The summed E-state index contributed by atoms with van der Waals surface area (Å²) in [5.74, 6) is -0.754. The van der Waals surface area contributed by atoms with E-state index in [0.717, 1.165) is 48.2 Å². The van der Waals surface area contributed by atoms with Gasteiger partial charge in [-0.15, -0.1) is 0 Å². The third-order valence-electron chi connectivity index (χ3n) is 13.3. The fourth-order valence-corrected chi connectivity index (χ4v) is 9.77. The first-order valence-electron chi connectivity index (χ1n) is 21.7. The summed E-state index contributed by atoms with van der Waals surface area (Å²) in [5, 5.41) is 10.2. The summed E-state index contributed by atoms with van der Waals surface area (Å²) >= 11 is 0. The second-order valence-corrected chi connectivity index (χ2v) is 19.5. The van der Waals surface area contributed by atoms with E-state index >= 15 is 0 Å². The molecule has 0 bridgehead atoms. The van der Waals surface area contributed by atoms with E-state index in [0.29, 0.717) is 0 Å². The molecule has 0 aliphatic carbocycles. The molecule has 1 fully saturated rings. The molecule has 1 heterocycles. The van der Waals surface area contributed by atoms with Crippen molar-refractivity contribution in [2.75, 3.05) is 27.2 Å². The lowest BCUT2D eigenvalue weighted by molar-refractivity contribution is -0.944. The summed E-state index contributed by atoms with van der Waals surface area (Å²) in [4.78, 5) is 0. The number of fused-ring (bicyclic) bond motifs is 4. The van der Waals surface area contributed by atoms with Crippen LogP contribution in [0.25, 0.3) is 43.1 Å². The molecule has 1 saturated heterocycles. The predicted molar refractivity (Wildman–Crippen MR) is 250 cm³/mol. The highest BCUT2D eigenvalue weighted by molar-refractivity contribution is 5.85. The Labute approximate surface area is 356 Å². The highest BCUT2D eigenvalue weighted by Gasteiger charge is 2.55. The van der Waals surface area contributed by atoms with Crippen molar-refractivity contribution >= 4 is 43.1 Å². The molecule has 60 heavy (non-hydrogen) atoms. The van der Waals surface area contributed by atoms with Gasteiger partial charge in [-0.2, -0.15) is 0 Å². The molecule has 2 atom stereocenters. The van der Waals surface area contributed by atoms with Gasteiger partial charge in [0.1, 0.15) is 51.5 Å². The molecule has 9 rings (SSSR count). The van der Waals surface area contributed by atoms with E-state index in [1.165, 1.54) is 65.3 Å². The molecule has 0 radical (unpaired) electrons. The van der Waals surface area contributed by atoms with Crippen LogP contribution in [-0.2, 0) is 35.7 Å². The van der Waals surface area contributed by atoms with Gasteiger partial charge in [0, 0.05) is 27.7 Å². The zero-order valence-corrected chi connectivity index (χ0v) is 36.3. The van der Waals surface area contributed by atoms with Crippen molar-refractivity contribution in [3.8, 4) is 0 Å². The first-order valence-corrected chi connectivity index (χ1v) is 21.7. The quantitative estimate of drug-likeness (QED) is 0.115. The smallest absolute Gasteiger partial charge is 0.171 e. The van der Waals surface area contributed by atoms with E-state index in [-0.39, 0.29) is 17.6 Å². The van der Waals surface area contributed by atoms with E-state index in [2.05, 4.69) is 212 Å². The number of benzene rings is 8. The summed E-state index contributed by atoms with van der Waals surface area (Å²) in [6.45, 7) is 14.0. The van der Waals surface area contributed by atoms with Crippen molar-refractivity contribution in [2.45, 2.75) is 71.9 Å². The Balaban J connectivity index is 1.09. The molecule has 0 unspecified atom stereocenters. The molecule has 0 N–H and O–H groups in total. The topological polar surface area (TPSA) is 18.5 Å². The van der Waals surface area contributed by atoms with Crippen LogP contribution in [0, 0.1) is 5.41 Å². The maximum Gasteiger partial charge on any atom is 0.171 e. The van der Waals surface area contributed by atoms with Crippen molar-refractivity contribution in [3.05, 3.63) is 192 Å². The molecule has 304 valence electrons. The van der Waals surface area contributed by atoms with E-state index in [4.69, 9.17) is 9.47 Å². The second-order valence-electron chi connectivity index (χ2n) is 19.5. The van der Waals surface area contributed by atoms with Gasteiger partial charge in [0.2, 0.25) is 0 Å². The van der Waals surface area contributed by atoms with E-state index in [1.807, 2.05) is 0 Å². The monoisotopic (exact) mass is 792 g/mol. The molecule has 1 aliphatic rings. The highest BCUT2D eigenvalue weighted by atomic mass is 16.8. The molecule has 0 amide bonds. The second kappa shape index (κ2) is 15.9. The Hall–Kier alpha value is -5.36. The van der Waals surface area contributed by atoms with Crippen LogP contribution < -0.4 is 0 Å². The average molecular weight is 793 g/mol. The summed E-state index contributed by atoms with van der Waals surface area (Å²) in [7, 11) is 4.85. The number of hydrogen-bond donors (Lipinski definition) is 0. The maximum absolute atomic E-state index is 7.35.